The lowest BCUT2D eigenvalue weighted by atomic mass is 9.70. The second kappa shape index (κ2) is 6.76. The summed E-state index contributed by atoms with van der Waals surface area (Å²) in [6, 6.07) is 5.56. The standard InChI is InChI=1S/C21H28ClNO/c1-7-14(12-21(5,6)13-20(2,3)4)16-11-17(22)15-9-8-10-23-18(15)19(16)24/h7-11,14,24H,1,12-13H2,2-6H3. The minimum Gasteiger partial charge on any atom is -0.505 e. The molecule has 2 nitrogen and oxygen atoms in total. The lowest BCUT2D eigenvalue weighted by Crippen LogP contribution is -2.22. The van der Waals surface area contributed by atoms with Crippen molar-refractivity contribution in [1.82, 2.24) is 4.98 Å². The van der Waals surface area contributed by atoms with E-state index >= 15 is 0 Å². The van der Waals surface area contributed by atoms with Crippen molar-refractivity contribution in [1.29, 1.82) is 0 Å². The first-order valence-electron chi connectivity index (χ1n) is 8.43. The third-order valence-electron chi connectivity index (χ3n) is 4.31. The number of fused-ring (bicyclic) bond motifs is 1. The molecule has 0 fully saturated rings. The zero-order valence-electron chi connectivity index (χ0n) is 15.4. The van der Waals surface area contributed by atoms with Gasteiger partial charge in [-0.15, -0.1) is 6.58 Å². The van der Waals surface area contributed by atoms with Crippen molar-refractivity contribution < 1.29 is 5.11 Å². The summed E-state index contributed by atoms with van der Waals surface area (Å²) in [7, 11) is 0. The summed E-state index contributed by atoms with van der Waals surface area (Å²) in [5.41, 5.74) is 1.73. The average Bonchev–Trinajstić information content (AvgIpc) is 2.46. The fourth-order valence-electron chi connectivity index (χ4n) is 3.91. The quantitative estimate of drug-likeness (QED) is 0.610. The molecule has 0 bridgehead atoms. The molecule has 130 valence electrons. The molecular weight excluding hydrogens is 318 g/mol. The molecule has 0 aliphatic rings. The first kappa shape index (κ1) is 18.8. The van der Waals surface area contributed by atoms with E-state index in [1.54, 1.807) is 6.20 Å². The van der Waals surface area contributed by atoms with E-state index in [2.05, 4.69) is 46.2 Å². The molecule has 1 N–H and O–H groups in total. The van der Waals surface area contributed by atoms with Crippen molar-refractivity contribution in [2.45, 2.75) is 53.4 Å². The predicted molar refractivity (Wildman–Crippen MR) is 104 cm³/mol. The maximum atomic E-state index is 10.7. The Labute approximate surface area is 150 Å². The number of allylic oxidation sites excluding steroid dienone is 1. The van der Waals surface area contributed by atoms with Gasteiger partial charge in [0.1, 0.15) is 11.3 Å². The molecule has 24 heavy (non-hydrogen) atoms. The van der Waals surface area contributed by atoms with Crippen LogP contribution in [-0.4, -0.2) is 10.1 Å². The Kier molecular flexibility index (Phi) is 5.29. The molecule has 1 heterocycles. The number of hydrogen-bond acceptors (Lipinski definition) is 2. The molecule has 0 saturated carbocycles. The molecular formula is C21H28ClNO. The van der Waals surface area contributed by atoms with E-state index in [0.717, 1.165) is 23.8 Å². The van der Waals surface area contributed by atoms with Crippen molar-refractivity contribution in [3.05, 3.63) is 47.6 Å². The molecule has 0 spiro atoms. The van der Waals surface area contributed by atoms with Gasteiger partial charge in [0.05, 0.1) is 5.02 Å². The zero-order valence-corrected chi connectivity index (χ0v) is 16.1. The maximum Gasteiger partial charge on any atom is 0.145 e. The van der Waals surface area contributed by atoms with Gasteiger partial charge in [0.15, 0.2) is 0 Å². The molecule has 1 unspecified atom stereocenters. The number of phenols is 1. The third-order valence-corrected chi connectivity index (χ3v) is 4.62. The highest BCUT2D eigenvalue weighted by Gasteiger charge is 2.29. The summed E-state index contributed by atoms with van der Waals surface area (Å²) < 4.78 is 0. The molecule has 1 atom stereocenters. The van der Waals surface area contributed by atoms with Crippen LogP contribution in [0.25, 0.3) is 10.9 Å². The van der Waals surface area contributed by atoms with Gasteiger partial charge in [-0.25, -0.2) is 0 Å². The van der Waals surface area contributed by atoms with Gasteiger partial charge in [-0.05, 0) is 41.9 Å². The van der Waals surface area contributed by atoms with Crippen LogP contribution in [0.2, 0.25) is 5.02 Å². The molecule has 2 rings (SSSR count). The predicted octanol–water partition coefficient (Wildman–Crippen LogP) is 6.72. The summed E-state index contributed by atoms with van der Waals surface area (Å²) in [5.74, 6) is 0.248. The van der Waals surface area contributed by atoms with Gasteiger partial charge in [-0.3, -0.25) is 4.98 Å². The highest BCUT2D eigenvalue weighted by atomic mass is 35.5. The van der Waals surface area contributed by atoms with Crippen LogP contribution in [-0.2, 0) is 0 Å². The molecule has 2 aromatic rings. The first-order valence-corrected chi connectivity index (χ1v) is 8.80. The molecule has 0 radical (unpaired) electrons. The first-order chi connectivity index (χ1) is 11.0. The fourth-order valence-corrected chi connectivity index (χ4v) is 4.18. The lowest BCUT2D eigenvalue weighted by Gasteiger charge is -2.35. The smallest absolute Gasteiger partial charge is 0.145 e. The van der Waals surface area contributed by atoms with Gasteiger partial charge in [-0.1, -0.05) is 52.3 Å². The molecule has 0 aliphatic carbocycles. The average molecular weight is 346 g/mol. The van der Waals surface area contributed by atoms with Crippen LogP contribution in [0, 0.1) is 10.8 Å². The van der Waals surface area contributed by atoms with Crippen molar-refractivity contribution in [2.24, 2.45) is 10.8 Å². The van der Waals surface area contributed by atoms with Crippen molar-refractivity contribution >= 4 is 22.5 Å². The van der Waals surface area contributed by atoms with Crippen LogP contribution in [0.1, 0.15) is 58.9 Å². The molecule has 0 amide bonds. The summed E-state index contributed by atoms with van der Waals surface area (Å²) in [6.07, 6.45) is 5.57. The van der Waals surface area contributed by atoms with E-state index in [4.69, 9.17) is 11.6 Å². The topological polar surface area (TPSA) is 33.1 Å². The monoisotopic (exact) mass is 345 g/mol. The second-order valence-electron chi connectivity index (χ2n) is 8.64. The SMILES string of the molecule is C=CC(CC(C)(C)CC(C)(C)C)c1cc(Cl)c2cccnc2c1O. The normalized spacial score (nSPS) is 13.9. The van der Waals surface area contributed by atoms with Gasteiger partial charge in [0.25, 0.3) is 0 Å². The highest BCUT2D eigenvalue weighted by Crippen LogP contribution is 2.44. The highest BCUT2D eigenvalue weighted by molar-refractivity contribution is 6.35. The second-order valence-corrected chi connectivity index (χ2v) is 9.05. The van der Waals surface area contributed by atoms with Crippen molar-refractivity contribution in [2.75, 3.05) is 0 Å². The number of pyridine rings is 1. The largest absolute Gasteiger partial charge is 0.505 e. The Hall–Kier alpha value is -1.54. The summed E-state index contributed by atoms with van der Waals surface area (Å²) in [5, 5.41) is 12.1. The molecule has 1 aromatic heterocycles. The van der Waals surface area contributed by atoms with E-state index in [9.17, 15) is 5.11 Å². The van der Waals surface area contributed by atoms with Crippen LogP contribution in [0.5, 0.6) is 5.75 Å². The number of aromatic hydroxyl groups is 1. The van der Waals surface area contributed by atoms with E-state index < -0.39 is 0 Å². The summed E-state index contributed by atoms with van der Waals surface area (Å²) in [6.45, 7) is 15.3. The molecule has 0 saturated heterocycles. The minimum absolute atomic E-state index is 0.0336. The summed E-state index contributed by atoms with van der Waals surface area (Å²) >= 11 is 6.43. The number of nitrogens with zero attached hydrogens (tertiary/aromatic N) is 1. The maximum absolute atomic E-state index is 10.7. The number of halogens is 1. The number of benzene rings is 1. The Bertz CT molecular complexity index is 743. The van der Waals surface area contributed by atoms with Gasteiger partial charge in [-0.2, -0.15) is 0 Å². The third kappa shape index (κ3) is 4.30. The Balaban J connectivity index is 2.43. The van der Waals surface area contributed by atoms with Crippen LogP contribution < -0.4 is 0 Å². The summed E-state index contributed by atoms with van der Waals surface area (Å²) in [4.78, 5) is 4.31. The number of hydrogen-bond donors (Lipinski definition) is 1. The Morgan fingerprint density at radius 3 is 2.54 bits per heavy atom. The number of aromatic nitrogens is 1. The van der Waals surface area contributed by atoms with E-state index in [-0.39, 0.29) is 22.5 Å². The van der Waals surface area contributed by atoms with Crippen molar-refractivity contribution in [3.8, 4) is 5.75 Å². The van der Waals surface area contributed by atoms with Crippen LogP contribution >= 0.6 is 11.6 Å². The van der Waals surface area contributed by atoms with Gasteiger partial charge < -0.3 is 5.11 Å². The zero-order chi connectivity index (χ0) is 18.1. The van der Waals surface area contributed by atoms with Gasteiger partial charge in [0, 0.05) is 23.1 Å². The number of phenolic OH excluding ortho intramolecular Hbond substituents is 1. The Morgan fingerprint density at radius 1 is 1.29 bits per heavy atom. The van der Waals surface area contributed by atoms with Crippen LogP contribution in [0.15, 0.2) is 37.1 Å². The van der Waals surface area contributed by atoms with E-state index in [0.29, 0.717) is 10.5 Å². The molecule has 3 heteroatoms. The van der Waals surface area contributed by atoms with E-state index in [1.807, 2.05) is 24.3 Å². The van der Waals surface area contributed by atoms with Crippen molar-refractivity contribution in [3.63, 3.8) is 0 Å². The molecule has 1 aromatic carbocycles. The molecule has 0 aliphatic heterocycles. The lowest BCUT2D eigenvalue weighted by molar-refractivity contribution is 0.193. The Morgan fingerprint density at radius 2 is 1.96 bits per heavy atom. The number of rotatable bonds is 5. The van der Waals surface area contributed by atoms with Gasteiger partial charge >= 0.3 is 0 Å². The van der Waals surface area contributed by atoms with Gasteiger partial charge in [0.2, 0.25) is 0 Å². The van der Waals surface area contributed by atoms with E-state index in [1.165, 1.54) is 0 Å². The van der Waals surface area contributed by atoms with Crippen LogP contribution in [0.3, 0.4) is 0 Å². The minimum atomic E-state index is 0.0336. The van der Waals surface area contributed by atoms with Crippen LogP contribution in [0.4, 0.5) is 0 Å². The fraction of sp³-hybridized carbons (Fsp3) is 0.476.